The van der Waals surface area contributed by atoms with Gasteiger partial charge in [0.2, 0.25) is 11.9 Å². The van der Waals surface area contributed by atoms with Crippen LogP contribution in [0.1, 0.15) is 50.8 Å². The molecule has 2 aliphatic heterocycles. The largest absolute Gasteiger partial charge is 0.394 e. The Kier molecular flexibility index (Phi) is 5.18. The molecule has 160 valence electrons. The van der Waals surface area contributed by atoms with E-state index in [4.69, 9.17) is 10.1 Å². The van der Waals surface area contributed by atoms with E-state index in [1.807, 2.05) is 23.4 Å². The summed E-state index contributed by atoms with van der Waals surface area (Å²) >= 11 is 0. The second-order valence-electron chi connectivity index (χ2n) is 8.86. The molecule has 1 amide bonds. The van der Waals surface area contributed by atoms with Crippen molar-refractivity contribution in [2.75, 3.05) is 31.1 Å². The van der Waals surface area contributed by atoms with E-state index >= 15 is 0 Å². The first-order valence-electron chi connectivity index (χ1n) is 11.2. The number of carbonyl (C=O) groups excluding carboxylic acids is 1. The van der Waals surface area contributed by atoms with E-state index in [2.05, 4.69) is 16.8 Å². The lowest BCUT2D eigenvalue weighted by Gasteiger charge is -2.24. The topological polar surface area (TPSA) is 87.4 Å². The van der Waals surface area contributed by atoms with Gasteiger partial charge in [0.1, 0.15) is 0 Å². The summed E-state index contributed by atoms with van der Waals surface area (Å²) in [6, 6.07) is 1.90. The molecule has 2 aromatic rings. The maximum absolute atomic E-state index is 13.0. The van der Waals surface area contributed by atoms with Gasteiger partial charge in [-0.25, -0.2) is 9.97 Å². The molecule has 1 N–H and O–H groups in total. The van der Waals surface area contributed by atoms with E-state index in [1.54, 1.807) is 4.68 Å². The van der Waals surface area contributed by atoms with Gasteiger partial charge in [0.05, 0.1) is 30.6 Å². The summed E-state index contributed by atoms with van der Waals surface area (Å²) in [6.07, 6.45) is 9.03. The van der Waals surface area contributed by atoms with Gasteiger partial charge in [-0.1, -0.05) is 6.92 Å². The van der Waals surface area contributed by atoms with Gasteiger partial charge in [-0.05, 0) is 44.1 Å². The van der Waals surface area contributed by atoms with E-state index in [0.29, 0.717) is 12.5 Å². The summed E-state index contributed by atoms with van der Waals surface area (Å²) in [6.45, 7) is 5.38. The number of likely N-dealkylation sites (tertiary alicyclic amines) is 1. The van der Waals surface area contributed by atoms with Crippen LogP contribution >= 0.6 is 0 Å². The van der Waals surface area contributed by atoms with E-state index in [1.165, 1.54) is 12.8 Å². The van der Waals surface area contributed by atoms with E-state index in [-0.39, 0.29) is 24.5 Å². The summed E-state index contributed by atoms with van der Waals surface area (Å²) in [5.74, 6) is 1.70. The lowest BCUT2D eigenvalue weighted by atomic mass is 10.0. The number of nitrogens with zero attached hydrogens (tertiary/aromatic N) is 6. The molecule has 1 saturated carbocycles. The summed E-state index contributed by atoms with van der Waals surface area (Å²) in [5, 5.41) is 14.2. The zero-order valence-electron chi connectivity index (χ0n) is 17.6. The van der Waals surface area contributed by atoms with Crippen molar-refractivity contribution in [3.05, 3.63) is 24.2 Å². The molecule has 0 aromatic carbocycles. The van der Waals surface area contributed by atoms with Crippen LogP contribution in [0.4, 0.5) is 5.95 Å². The third kappa shape index (κ3) is 3.57. The first kappa shape index (κ1) is 19.5. The Hall–Kier alpha value is -2.48. The summed E-state index contributed by atoms with van der Waals surface area (Å²) in [4.78, 5) is 26.6. The fraction of sp³-hybridized carbons (Fsp3) is 0.636. The smallest absolute Gasteiger partial charge is 0.226 e. The van der Waals surface area contributed by atoms with Crippen molar-refractivity contribution in [2.24, 2.45) is 11.8 Å². The number of hydrogen-bond donors (Lipinski definition) is 1. The molecule has 2 aromatic heterocycles. The monoisotopic (exact) mass is 410 g/mol. The number of hydrogen-bond acceptors (Lipinski definition) is 6. The van der Waals surface area contributed by atoms with E-state index in [0.717, 1.165) is 61.8 Å². The lowest BCUT2D eigenvalue weighted by molar-refractivity contribution is -0.133. The van der Waals surface area contributed by atoms with Crippen molar-refractivity contribution >= 4 is 11.9 Å². The van der Waals surface area contributed by atoms with Crippen molar-refractivity contribution < 1.29 is 9.90 Å². The SMILES string of the molecule is CC1CC1C(=O)N1CCCC1c1nn(CCO)cc1-c1ccnc(N2CCCC2)n1. The molecule has 3 aliphatic rings. The number of carbonyl (C=O) groups is 1. The molecule has 8 nitrogen and oxygen atoms in total. The highest BCUT2D eigenvalue weighted by atomic mass is 16.3. The summed E-state index contributed by atoms with van der Waals surface area (Å²) < 4.78 is 1.78. The number of aliphatic hydroxyl groups is 1. The third-order valence-corrected chi connectivity index (χ3v) is 6.71. The molecule has 1 aliphatic carbocycles. The minimum Gasteiger partial charge on any atom is -0.394 e. The normalized spacial score (nSPS) is 25.9. The Morgan fingerprint density at radius 3 is 2.77 bits per heavy atom. The lowest BCUT2D eigenvalue weighted by Crippen LogP contribution is -2.32. The number of rotatable bonds is 6. The molecule has 5 rings (SSSR count). The average Bonchev–Trinajstić information content (AvgIpc) is 3.24. The first-order chi connectivity index (χ1) is 14.7. The molecule has 30 heavy (non-hydrogen) atoms. The quantitative estimate of drug-likeness (QED) is 0.786. The first-order valence-corrected chi connectivity index (χ1v) is 11.2. The van der Waals surface area contributed by atoms with Crippen LogP contribution in [0.25, 0.3) is 11.3 Å². The minimum absolute atomic E-state index is 0.0227. The van der Waals surface area contributed by atoms with Gasteiger partial charge in [0, 0.05) is 43.5 Å². The van der Waals surface area contributed by atoms with E-state index < -0.39 is 0 Å². The van der Waals surface area contributed by atoms with Crippen LogP contribution in [-0.4, -0.2) is 61.9 Å². The number of amides is 1. The number of aromatic nitrogens is 4. The molecule has 4 heterocycles. The maximum atomic E-state index is 13.0. The van der Waals surface area contributed by atoms with Crippen molar-refractivity contribution in [3.63, 3.8) is 0 Å². The molecule has 3 atom stereocenters. The summed E-state index contributed by atoms with van der Waals surface area (Å²) in [7, 11) is 0. The molecule has 2 saturated heterocycles. The predicted molar refractivity (Wildman–Crippen MR) is 113 cm³/mol. The second-order valence-corrected chi connectivity index (χ2v) is 8.86. The maximum Gasteiger partial charge on any atom is 0.226 e. The number of aliphatic hydroxyl groups excluding tert-OH is 1. The van der Waals surface area contributed by atoms with Crippen LogP contribution in [0.3, 0.4) is 0 Å². The van der Waals surface area contributed by atoms with Gasteiger partial charge >= 0.3 is 0 Å². The van der Waals surface area contributed by atoms with Crippen LogP contribution in [0.15, 0.2) is 18.5 Å². The minimum atomic E-state index is -0.0227. The highest BCUT2D eigenvalue weighted by molar-refractivity contribution is 5.82. The Balaban J connectivity index is 1.50. The Labute approximate surface area is 176 Å². The third-order valence-electron chi connectivity index (χ3n) is 6.71. The molecule has 0 radical (unpaired) electrons. The van der Waals surface area contributed by atoms with Gasteiger partial charge in [-0.3, -0.25) is 9.48 Å². The summed E-state index contributed by atoms with van der Waals surface area (Å²) in [5.41, 5.74) is 2.68. The fourth-order valence-electron chi connectivity index (χ4n) is 4.86. The zero-order chi connectivity index (χ0) is 20.7. The van der Waals surface area contributed by atoms with Crippen molar-refractivity contribution in [1.29, 1.82) is 0 Å². The van der Waals surface area contributed by atoms with Gasteiger partial charge in [0.25, 0.3) is 0 Å². The van der Waals surface area contributed by atoms with Gasteiger partial charge in [-0.2, -0.15) is 5.10 Å². The van der Waals surface area contributed by atoms with Crippen molar-refractivity contribution in [3.8, 4) is 11.3 Å². The predicted octanol–water partition coefficient (Wildman–Crippen LogP) is 2.25. The van der Waals surface area contributed by atoms with Gasteiger partial charge in [0.15, 0.2) is 0 Å². The van der Waals surface area contributed by atoms with E-state index in [9.17, 15) is 9.90 Å². The molecule has 3 unspecified atom stereocenters. The standard InChI is InChI=1S/C22H30N6O2/c1-15-13-16(15)21(30)28-10-4-5-19(28)20-17(14-27(25-20)11-12-29)18-6-7-23-22(24-18)26-8-2-3-9-26/h6-7,14-16,19,29H,2-5,8-13H2,1H3. The van der Waals surface area contributed by atoms with Crippen LogP contribution in [0, 0.1) is 11.8 Å². The van der Waals surface area contributed by atoms with Gasteiger partial charge < -0.3 is 14.9 Å². The van der Waals surface area contributed by atoms with Crippen LogP contribution in [-0.2, 0) is 11.3 Å². The average molecular weight is 411 g/mol. The van der Waals surface area contributed by atoms with Gasteiger partial charge in [-0.15, -0.1) is 0 Å². The highest BCUT2D eigenvalue weighted by Gasteiger charge is 2.45. The Bertz CT molecular complexity index is 922. The zero-order valence-corrected chi connectivity index (χ0v) is 17.6. The van der Waals surface area contributed by atoms with Crippen LogP contribution in [0.5, 0.6) is 0 Å². The van der Waals surface area contributed by atoms with Crippen molar-refractivity contribution in [2.45, 2.75) is 51.6 Å². The Morgan fingerprint density at radius 1 is 1.23 bits per heavy atom. The van der Waals surface area contributed by atoms with Crippen LogP contribution < -0.4 is 4.90 Å². The molecular formula is C22H30N6O2. The van der Waals surface area contributed by atoms with Crippen LogP contribution in [0.2, 0.25) is 0 Å². The molecular weight excluding hydrogens is 380 g/mol. The second kappa shape index (κ2) is 7.98. The fourth-order valence-corrected chi connectivity index (χ4v) is 4.86. The molecule has 3 fully saturated rings. The Morgan fingerprint density at radius 2 is 2.03 bits per heavy atom. The molecule has 8 heteroatoms. The number of anilines is 1. The molecule has 0 bridgehead atoms. The van der Waals surface area contributed by atoms with Crippen molar-refractivity contribution in [1.82, 2.24) is 24.6 Å². The molecule has 0 spiro atoms. The highest BCUT2D eigenvalue weighted by Crippen LogP contribution is 2.44.